The van der Waals surface area contributed by atoms with Gasteiger partial charge < -0.3 is 9.64 Å². The SMILES string of the molecule is Cc1c(C(=O)O[C@@H](C)C(=O)N(C)c2ccccc2)cccc1[N+](=O)[O-]. The standard InChI is InChI=1S/C18H18N2O5/c1-12-15(10-7-11-16(12)20(23)24)18(22)25-13(2)17(21)19(3)14-8-5-4-6-9-14/h4-11,13H,1-3H3/t13-/m0/s1. The Balaban J connectivity index is 2.14. The molecule has 0 spiro atoms. The molecule has 1 atom stereocenters. The van der Waals surface area contributed by atoms with Crippen molar-refractivity contribution in [2.45, 2.75) is 20.0 Å². The van der Waals surface area contributed by atoms with E-state index in [1.165, 1.54) is 36.9 Å². The largest absolute Gasteiger partial charge is 0.449 e. The van der Waals surface area contributed by atoms with Gasteiger partial charge in [-0.25, -0.2) is 4.79 Å². The Labute approximate surface area is 145 Å². The number of carbonyl (C=O) groups excluding carboxylic acids is 2. The number of hydrogen-bond acceptors (Lipinski definition) is 5. The second kappa shape index (κ2) is 7.57. The van der Waals surface area contributed by atoms with Crippen LogP contribution in [0.2, 0.25) is 0 Å². The molecule has 0 unspecified atom stereocenters. The van der Waals surface area contributed by atoms with Gasteiger partial charge in [0.1, 0.15) is 0 Å². The number of hydrogen-bond donors (Lipinski definition) is 0. The van der Waals surface area contributed by atoms with Crippen molar-refractivity contribution in [1.82, 2.24) is 0 Å². The van der Waals surface area contributed by atoms with E-state index >= 15 is 0 Å². The van der Waals surface area contributed by atoms with Crippen LogP contribution in [0.25, 0.3) is 0 Å². The Bertz CT molecular complexity index is 804. The highest BCUT2D eigenvalue weighted by Crippen LogP contribution is 2.22. The molecule has 7 nitrogen and oxygen atoms in total. The van der Waals surface area contributed by atoms with E-state index in [0.29, 0.717) is 5.69 Å². The van der Waals surface area contributed by atoms with Crippen molar-refractivity contribution in [3.8, 4) is 0 Å². The van der Waals surface area contributed by atoms with Crippen LogP contribution in [0.3, 0.4) is 0 Å². The summed E-state index contributed by atoms with van der Waals surface area (Å²) in [5.41, 5.74) is 0.765. The highest BCUT2D eigenvalue weighted by atomic mass is 16.6. The second-order valence-electron chi connectivity index (χ2n) is 5.49. The van der Waals surface area contributed by atoms with Gasteiger partial charge in [-0.05, 0) is 32.0 Å². The monoisotopic (exact) mass is 342 g/mol. The molecule has 25 heavy (non-hydrogen) atoms. The lowest BCUT2D eigenvalue weighted by Crippen LogP contribution is -2.37. The maximum absolute atomic E-state index is 12.4. The molecule has 2 rings (SSSR count). The van der Waals surface area contributed by atoms with E-state index in [-0.39, 0.29) is 16.8 Å². The zero-order valence-corrected chi connectivity index (χ0v) is 14.1. The summed E-state index contributed by atoms with van der Waals surface area (Å²) < 4.78 is 5.20. The van der Waals surface area contributed by atoms with E-state index in [9.17, 15) is 19.7 Å². The minimum absolute atomic E-state index is 0.0659. The molecule has 0 aromatic heterocycles. The lowest BCUT2D eigenvalue weighted by Gasteiger charge is -2.21. The first-order valence-electron chi connectivity index (χ1n) is 7.60. The minimum atomic E-state index is -1.03. The number of likely N-dealkylation sites (N-methyl/N-ethyl adjacent to an activating group) is 1. The highest BCUT2D eigenvalue weighted by Gasteiger charge is 2.25. The van der Waals surface area contributed by atoms with Crippen molar-refractivity contribution in [1.29, 1.82) is 0 Å². The quantitative estimate of drug-likeness (QED) is 0.473. The third kappa shape index (κ3) is 4.00. The molecule has 0 aliphatic carbocycles. The van der Waals surface area contributed by atoms with Crippen LogP contribution in [0, 0.1) is 17.0 Å². The predicted octanol–water partition coefficient (Wildman–Crippen LogP) is 3.11. The normalized spacial score (nSPS) is 11.5. The summed E-state index contributed by atoms with van der Waals surface area (Å²) in [6.45, 7) is 2.93. The Morgan fingerprint density at radius 1 is 1.12 bits per heavy atom. The highest BCUT2D eigenvalue weighted by molar-refractivity contribution is 5.99. The molecule has 0 heterocycles. The van der Waals surface area contributed by atoms with E-state index in [1.54, 1.807) is 31.3 Å². The Morgan fingerprint density at radius 3 is 2.36 bits per heavy atom. The number of rotatable bonds is 5. The zero-order valence-electron chi connectivity index (χ0n) is 14.1. The number of para-hydroxylation sites is 1. The Morgan fingerprint density at radius 2 is 1.76 bits per heavy atom. The summed E-state index contributed by atoms with van der Waals surface area (Å²) in [6, 6.07) is 13.1. The predicted molar refractivity (Wildman–Crippen MR) is 92.6 cm³/mol. The number of nitro groups is 1. The number of esters is 1. The molecule has 0 aliphatic heterocycles. The van der Waals surface area contributed by atoms with Gasteiger partial charge in [0.05, 0.1) is 10.5 Å². The van der Waals surface area contributed by atoms with Gasteiger partial charge in [0, 0.05) is 24.4 Å². The van der Waals surface area contributed by atoms with E-state index in [1.807, 2.05) is 6.07 Å². The van der Waals surface area contributed by atoms with E-state index < -0.39 is 22.9 Å². The molecule has 1 amide bonds. The van der Waals surface area contributed by atoms with Crippen LogP contribution in [0.4, 0.5) is 11.4 Å². The van der Waals surface area contributed by atoms with Crippen LogP contribution in [-0.4, -0.2) is 30.0 Å². The number of nitro benzene ring substituents is 1. The summed E-state index contributed by atoms with van der Waals surface area (Å²) in [6.07, 6.45) is -1.03. The fourth-order valence-electron chi connectivity index (χ4n) is 2.37. The van der Waals surface area contributed by atoms with Gasteiger partial charge in [-0.3, -0.25) is 14.9 Å². The van der Waals surface area contributed by atoms with Gasteiger partial charge in [0.2, 0.25) is 0 Å². The smallest absolute Gasteiger partial charge is 0.339 e. The van der Waals surface area contributed by atoms with Crippen LogP contribution in [0.15, 0.2) is 48.5 Å². The fourth-order valence-corrected chi connectivity index (χ4v) is 2.37. The van der Waals surface area contributed by atoms with Crippen molar-refractivity contribution in [3.63, 3.8) is 0 Å². The molecular formula is C18H18N2O5. The molecule has 0 aliphatic rings. The molecule has 0 N–H and O–H groups in total. The minimum Gasteiger partial charge on any atom is -0.449 e. The second-order valence-corrected chi connectivity index (χ2v) is 5.49. The molecule has 2 aromatic rings. The number of ether oxygens (including phenoxy) is 1. The van der Waals surface area contributed by atoms with E-state index in [2.05, 4.69) is 0 Å². The molecule has 2 aromatic carbocycles. The van der Waals surface area contributed by atoms with Crippen molar-refractivity contribution < 1.29 is 19.2 Å². The van der Waals surface area contributed by atoms with Gasteiger partial charge in [-0.15, -0.1) is 0 Å². The number of carbonyl (C=O) groups is 2. The van der Waals surface area contributed by atoms with Crippen LogP contribution in [0.5, 0.6) is 0 Å². The number of nitrogens with zero attached hydrogens (tertiary/aromatic N) is 2. The van der Waals surface area contributed by atoms with Crippen LogP contribution in [-0.2, 0) is 9.53 Å². The molecule has 7 heteroatoms. The van der Waals surface area contributed by atoms with Gasteiger partial charge in [0.15, 0.2) is 6.10 Å². The lowest BCUT2D eigenvalue weighted by molar-refractivity contribution is -0.385. The molecule has 0 saturated heterocycles. The van der Waals surface area contributed by atoms with Crippen LogP contribution >= 0.6 is 0 Å². The number of anilines is 1. The van der Waals surface area contributed by atoms with Gasteiger partial charge in [-0.2, -0.15) is 0 Å². The van der Waals surface area contributed by atoms with Gasteiger partial charge in [-0.1, -0.05) is 24.3 Å². The van der Waals surface area contributed by atoms with Crippen LogP contribution in [0.1, 0.15) is 22.8 Å². The maximum atomic E-state index is 12.4. The molecular weight excluding hydrogens is 324 g/mol. The Kier molecular flexibility index (Phi) is 5.49. The average Bonchev–Trinajstić information content (AvgIpc) is 2.60. The van der Waals surface area contributed by atoms with Crippen molar-refractivity contribution in [3.05, 3.63) is 69.8 Å². The summed E-state index contributed by atoms with van der Waals surface area (Å²) in [5.74, 6) is -1.17. The van der Waals surface area contributed by atoms with Crippen molar-refractivity contribution in [2.75, 3.05) is 11.9 Å². The third-order valence-electron chi connectivity index (χ3n) is 3.83. The Hall–Kier alpha value is -3.22. The van der Waals surface area contributed by atoms with E-state index in [0.717, 1.165) is 0 Å². The van der Waals surface area contributed by atoms with Gasteiger partial charge in [0.25, 0.3) is 11.6 Å². The summed E-state index contributed by atoms with van der Waals surface area (Å²) in [4.78, 5) is 36.5. The third-order valence-corrected chi connectivity index (χ3v) is 3.83. The first-order chi connectivity index (χ1) is 11.8. The maximum Gasteiger partial charge on any atom is 0.339 e. The van der Waals surface area contributed by atoms with Crippen LogP contribution < -0.4 is 4.90 Å². The van der Waals surface area contributed by atoms with Crippen molar-refractivity contribution >= 4 is 23.3 Å². The molecule has 0 radical (unpaired) electrons. The topological polar surface area (TPSA) is 89.8 Å². The first kappa shape index (κ1) is 18.1. The zero-order chi connectivity index (χ0) is 18.6. The summed E-state index contributed by atoms with van der Waals surface area (Å²) in [5, 5.41) is 11.0. The van der Waals surface area contributed by atoms with Crippen molar-refractivity contribution in [2.24, 2.45) is 0 Å². The van der Waals surface area contributed by atoms with E-state index in [4.69, 9.17) is 4.74 Å². The first-order valence-corrected chi connectivity index (χ1v) is 7.60. The average molecular weight is 342 g/mol. The summed E-state index contributed by atoms with van der Waals surface area (Å²) >= 11 is 0. The lowest BCUT2D eigenvalue weighted by atomic mass is 10.1. The summed E-state index contributed by atoms with van der Waals surface area (Å²) in [7, 11) is 1.58. The van der Waals surface area contributed by atoms with Gasteiger partial charge >= 0.3 is 5.97 Å². The molecule has 130 valence electrons. The molecule has 0 fully saturated rings. The molecule has 0 bridgehead atoms. The number of benzene rings is 2. The fraction of sp³-hybridized carbons (Fsp3) is 0.222. The number of amides is 1. The molecule has 0 saturated carbocycles.